The van der Waals surface area contributed by atoms with Gasteiger partial charge in [0.2, 0.25) is 5.76 Å². The molecule has 1 N–H and O–H groups in total. The van der Waals surface area contributed by atoms with Gasteiger partial charge in [-0.15, -0.1) is 0 Å². The van der Waals surface area contributed by atoms with Gasteiger partial charge in [0.05, 0.1) is 18.8 Å². The monoisotopic (exact) mass is 481 g/mol. The summed E-state index contributed by atoms with van der Waals surface area (Å²) in [5.41, 5.74) is 0.487. The van der Waals surface area contributed by atoms with Gasteiger partial charge in [-0.25, -0.2) is 4.79 Å². The van der Waals surface area contributed by atoms with Gasteiger partial charge >= 0.3 is 5.97 Å². The van der Waals surface area contributed by atoms with E-state index in [1.807, 2.05) is 0 Å². The van der Waals surface area contributed by atoms with Crippen LogP contribution in [0.3, 0.4) is 0 Å². The lowest BCUT2D eigenvalue weighted by molar-refractivity contribution is -0.133. The summed E-state index contributed by atoms with van der Waals surface area (Å²) in [6.07, 6.45) is 14.3. The molecule has 0 amide bonds. The second kappa shape index (κ2) is 8.81. The summed E-state index contributed by atoms with van der Waals surface area (Å²) >= 11 is 0. The third-order valence-electron chi connectivity index (χ3n) is 9.71. The third kappa shape index (κ3) is 3.62. The predicted molar refractivity (Wildman–Crippen MR) is 131 cm³/mol. The van der Waals surface area contributed by atoms with Gasteiger partial charge in [-0.2, -0.15) is 0 Å². The van der Waals surface area contributed by atoms with Crippen LogP contribution in [0, 0.1) is 29.6 Å². The van der Waals surface area contributed by atoms with Gasteiger partial charge in [-0.3, -0.25) is 4.90 Å². The molecule has 0 aromatic heterocycles. The van der Waals surface area contributed by atoms with Crippen molar-refractivity contribution in [2.45, 2.75) is 89.9 Å². The highest BCUT2D eigenvalue weighted by Crippen LogP contribution is 2.53. The number of esters is 1. The lowest BCUT2D eigenvalue weighted by Crippen LogP contribution is -2.65. The quantitative estimate of drug-likeness (QED) is 0.460. The molecule has 5 heterocycles. The average Bonchev–Trinajstić information content (AvgIpc) is 3.24. The van der Waals surface area contributed by atoms with Crippen molar-refractivity contribution >= 4 is 5.97 Å². The largest absolute Gasteiger partial charge is 0.492 e. The summed E-state index contributed by atoms with van der Waals surface area (Å²) in [4.78, 5) is 15.0. The Kier molecular flexibility index (Phi) is 5.88. The lowest BCUT2D eigenvalue weighted by Gasteiger charge is -2.57. The zero-order valence-electron chi connectivity index (χ0n) is 21.4. The molecule has 5 aliphatic heterocycles. The first-order chi connectivity index (χ1) is 16.9. The van der Waals surface area contributed by atoms with Crippen LogP contribution in [0.1, 0.15) is 65.7 Å². The number of aliphatic hydroxyl groups excluding tert-OH is 1. The van der Waals surface area contributed by atoms with Crippen LogP contribution >= 0.6 is 0 Å². The Labute approximate surface area is 208 Å². The van der Waals surface area contributed by atoms with Crippen molar-refractivity contribution in [3.05, 3.63) is 46.8 Å². The second-order valence-corrected chi connectivity index (χ2v) is 11.7. The molecule has 6 nitrogen and oxygen atoms in total. The van der Waals surface area contributed by atoms with E-state index in [9.17, 15) is 9.90 Å². The van der Waals surface area contributed by atoms with Crippen LogP contribution in [0.25, 0.3) is 0 Å². The predicted octanol–water partition coefficient (Wildman–Crippen LogP) is 4.82. The minimum absolute atomic E-state index is 0.0646. The van der Waals surface area contributed by atoms with Crippen molar-refractivity contribution in [3.63, 3.8) is 0 Å². The number of aliphatic hydroxyl groups is 1. The van der Waals surface area contributed by atoms with Gasteiger partial charge in [0.1, 0.15) is 5.76 Å². The first kappa shape index (κ1) is 23.4. The fraction of sp³-hybridized carbons (Fsp3) is 0.690. The molecule has 0 spiro atoms. The van der Waals surface area contributed by atoms with Crippen LogP contribution in [0.5, 0.6) is 0 Å². The first-order valence-corrected chi connectivity index (χ1v) is 13.6. The van der Waals surface area contributed by atoms with Crippen molar-refractivity contribution in [3.8, 4) is 0 Å². The highest BCUT2D eigenvalue weighted by atomic mass is 16.6. The minimum Gasteiger partial charge on any atom is -0.492 e. The summed E-state index contributed by atoms with van der Waals surface area (Å²) in [7, 11) is 1.57. The van der Waals surface area contributed by atoms with Gasteiger partial charge in [-0.1, -0.05) is 26.0 Å². The van der Waals surface area contributed by atoms with E-state index in [1.54, 1.807) is 14.0 Å². The highest BCUT2D eigenvalue weighted by molar-refractivity contribution is 5.93. The molecule has 3 saturated heterocycles. The molecule has 6 aliphatic rings. The van der Waals surface area contributed by atoms with E-state index in [1.165, 1.54) is 12.8 Å². The van der Waals surface area contributed by atoms with E-state index < -0.39 is 0 Å². The summed E-state index contributed by atoms with van der Waals surface area (Å²) in [6, 6.07) is 0.966. The van der Waals surface area contributed by atoms with Crippen molar-refractivity contribution in [1.29, 1.82) is 0 Å². The number of fused-ring (bicyclic) bond motifs is 3. The highest BCUT2D eigenvalue weighted by Gasteiger charge is 2.55. The Balaban J connectivity index is 1.35. The fourth-order valence-corrected chi connectivity index (χ4v) is 8.04. The zero-order chi connectivity index (χ0) is 24.4. The molecule has 190 valence electrons. The number of rotatable bonds is 3. The van der Waals surface area contributed by atoms with Gasteiger partial charge < -0.3 is 19.3 Å². The van der Waals surface area contributed by atoms with Crippen molar-refractivity contribution in [2.75, 3.05) is 7.11 Å². The maximum atomic E-state index is 12.3. The van der Waals surface area contributed by atoms with Crippen LogP contribution in [0.15, 0.2) is 46.8 Å². The van der Waals surface area contributed by atoms with Crippen molar-refractivity contribution in [1.82, 2.24) is 4.90 Å². The van der Waals surface area contributed by atoms with Crippen molar-refractivity contribution in [2.24, 2.45) is 29.6 Å². The number of carbonyl (C=O) groups is 1. The van der Waals surface area contributed by atoms with Gasteiger partial charge in [0.25, 0.3) is 0 Å². The zero-order valence-corrected chi connectivity index (χ0v) is 21.4. The molecule has 0 aromatic rings. The Bertz CT molecular complexity index is 1020. The number of carbonyl (C=O) groups excluding carboxylic acids is 1. The number of hydrogen-bond acceptors (Lipinski definition) is 6. The first-order valence-electron chi connectivity index (χ1n) is 13.6. The van der Waals surface area contributed by atoms with E-state index >= 15 is 0 Å². The van der Waals surface area contributed by atoms with Crippen molar-refractivity contribution < 1.29 is 24.1 Å². The van der Waals surface area contributed by atoms with Crippen LogP contribution in [-0.4, -0.2) is 47.3 Å². The van der Waals surface area contributed by atoms with E-state index in [-0.39, 0.29) is 35.9 Å². The molecular formula is C29H39NO5. The van der Waals surface area contributed by atoms with E-state index in [2.05, 4.69) is 37.0 Å². The molecule has 2 bridgehead atoms. The van der Waals surface area contributed by atoms with Crippen LogP contribution < -0.4 is 0 Å². The fourth-order valence-electron chi connectivity index (χ4n) is 8.04. The lowest BCUT2D eigenvalue weighted by atomic mass is 9.68. The topological polar surface area (TPSA) is 68.2 Å². The Morgan fingerprint density at radius 2 is 1.94 bits per heavy atom. The number of cyclic esters (lactones) is 1. The molecule has 9 unspecified atom stereocenters. The SMILES string of the molecule is COC1=C(C)C(=O)OC1=C1OC2=CCC3CCC4CCC(C2C1C)N3C4C(O)C1C=CCC(C)C1. The normalized spacial score (nSPS) is 43.8. The molecule has 35 heavy (non-hydrogen) atoms. The summed E-state index contributed by atoms with van der Waals surface area (Å²) in [6.45, 7) is 6.22. The standard InChI is InChI=1S/C29H39NO5/c1-15-6-5-7-19(14-15)25(31)24-18-8-10-20-11-13-22-23(21(12-9-18)30(20)24)16(2)27(34-22)28-26(33-4)17(3)29(32)35-28/h5,7,13,15-16,18-21,23-25,31H,6,8-12,14H2,1-4H3. The summed E-state index contributed by atoms with van der Waals surface area (Å²) < 4.78 is 17.7. The number of piperidine rings is 2. The Morgan fingerprint density at radius 3 is 2.71 bits per heavy atom. The summed E-state index contributed by atoms with van der Waals surface area (Å²) in [5, 5.41) is 11.8. The molecule has 9 atom stereocenters. The molecule has 0 saturated carbocycles. The molecule has 6 heteroatoms. The maximum Gasteiger partial charge on any atom is 0.343 e. The van der Waals surface area contributed by atoms with Crippen LogP contribution in [0.4, 0.5) is 0 Å². The molecule has 3 fully saturated rings. The van der Waals surface area contributed by atoms with E-state index in [0.29, 0.717) is 46.8 Å². The molecule has 0 aromatic carbocycles. The number of nitrogens with zero attached hydrogens (tertiary/aromatic N) is 1. The van der Waals surface area contributed by atoms with Gasteiger partial charge in [0.15, 0.2) is 11.5 Å². The third-order valence-corrected chi connectivity index (χ3v) is 9.71. The summed E-state index contributed by atoms with van der Waals surface area (Å²) in [5.74, 6) is 3.96. The second-order valence-electron chi connectivity index (χ2n) is 11.7. The van der Waals surface area contributed by atoms with E-state index in [0.717, 1.165) is 37.9 Å². The number of ether oxygens (including phenoxy) is 3. The van der Waals surface area contributed by atoms with Gasteiger partial charge in [0, 0.05) is 35.9 Å². The Hall–Kier alpha value is -2.05. The van der Waals surface area contributed by atoms with Gasteiger partial charge in [-0.05, 0) is 69.8 Å². The average molecular weight is 482 g/mol. The molecular weight excluding hydrogens is 442 g/mol. The van der Waals surface area contributed by atoms with E-state index in [4.69, 9.17) is 14.2 Å². The Morgan fingerprint density at radius 1 is 1.14 bits per heavy atom. The minimum atomic E-state index is -0.365. The number of methoxy groups -OCH3 is 1. The molecule has 0 radical (unpaired) electrons. The molecule has 1 aliphatic carbocycles. The maximum absolute atomic E-state index is 12.3. The number of allylic oxidation sites excluding steroid dienone is 2. The van der Waals surface area contributed by atoms with Crippen LogP contribution in [0.2, 0.25) is 0 Å². The van der Waals surface area contributed by atoms with Crippen LogP contribution in [-0.2, 0) is 19.0 Å². The smallest absolute Gasteiger partial charge is 0.343 e. The number of hydrogen-bond donors (Lipinski definition) is 1. The molecule has 6 rings (SSSR count).